The molecule has 1 saturated carbocycles. The molecule has 3 heterocycles. The third kappa shape index (κ3) is 2.77. The maximum Gasteiger partial charge on any atom is 0.0267 e. The van der Waals surface area contributed by atoms with Crippen LogP contribution in [0.5, 0.6) is 0 Å². The number of rotatable bonds is 4. The number of nitrogens with zero attached hydrogens (tertiary/aromatic N) is 2. The lowest BCUT2D eigenvalue weighted by atomic mass is 9.96. The summed E-state index contributed by atoms with van der Waals surface area (Å²) in [5, 5.41) is 3.77. The average molecular weight is 277 g/mol. The average Bonchev–Trinajstić information content (AvgIpc) is 3.25. The molecule has 20 heavy (non-hydrogen) atoms. The van der Waals surface area contributed by atoms with Gasteiger partial charge in [0.15, 0.2) is 0 Å². The Hall–Kier alpha value is -0.120. The number of nitrogens with one attached hydrogen (secondary N) is 1. The summed E-state index contributed by atoms with van der Waals surface area (Å²) in [6.07, 6.45) is 13.0. The predicted octanol–water partition coefficient (Wildman–Crippen LogP) is 2.22. The summed E-state index contributed by atoms with van der Waals surface area (Å²) in [7, 11) is 0. The molecule has 3 heteroatoms. The van der Waals surface area contributed by atoms with Gasteiger partial charge >= 0.3 is 0 Å². The molecule has 3 atom stereocenters. The lowest BCUT2D eigenvalue weighted by Crippen LogP contribution is -2.52. The van der Waals surface area contributed by atoms with Crippen LogP contribution in [0.15, 0.2) is 0 Å². The minimum atomic E-state index is 0.780. The van der Waals surface area contributed by atoms with E-state index in [9.17, 15) is 0 Å². The smallest absolute Gasteiger partial charge is 0.0267 e. The quantitative estimate of drug-likeness (QED) is 0.850. The van der Waals surface area contributed by atoms with Crippen LogP contribution in [0.1, 0.15) is 57.8 Å². The maximum absolute atomic E-state index is 3.77. The maximum atomic E-state index is 3.77. The number of hydrogen-bond acceptors (Lipinski definition) is 3. The highest BCUT2D eigenvalue weighted by atomic mass is 15.3. The molecule has 3 unspecified atom stereocenters. The van der Waals surface area contributed by atoms with Crippen molar-refractivity contribution in [3.63, 3.8) is 0 Å². The minimum absolute atomic E-state index is 0.780. The van der Waals surface area contributed by atoms with Crippen molar-refractivity contribution in [1.82, 2.24) is 15.1 Å². The van der Waals surface area contributed by atoms with Gasteiger partial charge in [0.25, 0.3) is 0 Å². The van der Waals surface area contributed by atoms with Crippen molar-refractivity contribution in [3.8, 4) is 0 Å². The largest absolute Gasteiger partial charge is 0.313 e. The lowest BCUT2D eigenvalue weighted by molar-refractivity contribution is 0.0964. The van der Waals surface area contributed by atoms with Gasteiger partial charge in [-0.25, -0.2) is 0 Å². The molecule has 4 fully saturated rings. The fourth-order valence-corrected chi connectivity index (χ4v) is 4.90. The van der Waals surface area contributed by atoms with E-state index in [0.717, 1.165) is 24.2 Å². The summed E-state index contributed by atoms with van der Waals surface area (Å²) in [5.41, 5.74) is 0. The number of hydrogen-bond donors (Lipinski definition) is 1. The van der Waals surface area contributed by atoms with Crippen LogP contribution in [-0.2, 0) is 0 Å². The van der Waals surface area contributed by atoms with Gasteiger partial charge in [-0.3, -0.25) is 9.80 Å². The third-order valence-electron chi connectivity index (χ3n) is 6.11. The highest BCUT2D eigenvalue weighted by Crippen LogP contribution is 2.37. The second-order valence-electron chi connectivity index (χ2n) is 7.53. The van der Waals surface area contributed by atoms with Gasteiger partial charge in [0, 0.05) is 37.3 Å². The molecule has 3 nitrogen and oxygen atoms in total. The van der Waals surface area contributed by atoms with Crippen LogP contribution in [0.3, 0.4) is 0 Å². The standard InChI is InChI=1S/C17H31N3/c1-3-10-18-14(5-1)13-20(15-7-8-15)17-9-12-19-11-4-2-6-16(17)19/h14-18H,1-13H2. The van der Waals surface area contributed by atoms with Crippen molar-refractivity contribution in [1.29, 1.82) is 0 Å². The van der Waals surface area contributed by atoms with E-state index >= 15 is 0 Å². The van der Waals surface area contributed by atoms with Crippen molar-refractivity contribution < 1.29 is 0 Å². The van der Waals surface area contributed by atoms with E-state index in [4.69, 9.17) is 0 Å². The highest BCUT2D eigenvalue weighted by Gasteiger charge is 2.43. The summed E-state index contributed by atoms with van der Waals surface area (Å²) >= 11 is 0. The van der Waals surface area contributed by atoms with E-state index in [1.807, 2.05) is 0 Å². The minimum Gasteiger partial charge on any atom is -0.313 e. The Morgan fingerprint density at radius 2 is 1.80 bits per heavy atom. The molecule has 0 aromatic carbocycles. The first-order valence-electron chi connectivity index (χ1n) is 9.15. The van der Waals surface area contributed by atoms with Crippen LogP contribution in [-0.4, -0.2) is 60.1 Å². The lowest BCUT2D eigenvalue weighted by Gasteiger charge is -2.40. The topological polar surface area (TPSA) is 18.5 Å². The molecule has 4 rings (SSSR count). The SMILES string of the molecule is C1CCC(CN(C2CC2)C2CCN3CCCCC23)NC1. The Morgan fingerprint density at radius 3 is 2.60 bits per heavy atom. The van der Waals surface area contributed by atoms with E-state index in [0.29, 0.717) is 0 Å². The molecule has 0 aromatic rings. The van der Waals surface area contributed by atoms with Crippen LogP contribution in [0, 0.1) is 0 Å². The normalized spacial score (nSPS) is 39.1. The van der Waals surface area contributed by atoms with Gasteiger partial charge < -0.3 is 5.32 Å². The van der Waals surface area contributed by atoms with E-state index in [1.54, 1.807) is 0 Å². The van der Waals surface area contributed by atoms with Gasteiger partial charge in [0.1, 0.15) is 0 Å². The van der Waals surface area contributed by atoms with Crippen molar-refractivity contribution in [2.45, 2.75) is 82.0 Å². The first-order chi connectivity index (χ1) is 9.92. The number of piperidine rings is 2. The molecule has 1 aliphatic carbocycles. The molecule has 0 spiro atoms. The summed E-state index contributed by atoms with van der Waals surface area (Å²) in [5.74, 6) is 0. The second kappa shape index (κ2) is 5.94. The van der Waals surface area contributed by atoms with Gasteiger partial charge in [0.05, 0.1) is 0 Å². The Kier molecular flexibility index (Phi) is 4.02. The summed E-state index contributed by atoms with van der Waals surface area (Å²) in [4.78, 5) is 5.75. The van der Waals surface area contributed by atoms with Gasteiger partial charge in [-0.1, -0.05) is 12.8 Å². The highest BCUT2D eigenvalue weighted by molar-refractivity contribution is 5.00. The van der Waals surface area contributed by atoms with Crippen LogP contribution >= 0.6 is 0 Å². The zero-order valence-electron chi connectivity index (χ0n) is 12.9. The fourth-order valence-electron chi connectivity index (χ4n) is 4.90. The first kappa shape index (κ1) is 13.5. The zero-order valence-corrected chi connectivity index (χ0v) is 12.9. The fraction of sp³-hybridized carbons (Fsp3) is 1.00. The Labute approximate surface area is 124 Å². The van der Waals surface area contributed by atoms with Crippen molar-refractivity contribution in [3.05, 3.63) is 0 Å². The van der Waals surface area contributed by atoms with Crippen LogP contribution < -0.4 is 5.32 Å². The van der Waals surface area contributed by atoms with E-state index in [-0.39, 0.29) is 0 Å². The first-order valence-corrected chi connectivity index (χ1v) is 9.15. The van der Waals surface area contributed by atoms with Crippen molar-refractivity contribution >= 4 is 0 Å². The molecular weight excluding hydrogens is 246 g/mol. The van der Waals surface area contributed by atoms with Gasteiger partial charge in [0.2, 0.25) is 0 Å². The predicted molar refractivity (Wildman–Crippen MR) is 83.0 cm³/mol. The zero-order chi connectivity index (χ0) is 13.4. The molecule has 114 valence electrons. The molecular formula is C17H31N3. The van der Waals surface area contributed by atoms with E-state index in [1.165, 1.54) is 84.0 Å². The second-order valence-corrected chi connectivity index (χ2v) is 7.53. The molecule has 0 aromatic heterocycles. The summed E-state index contributed by atoms with van der Waals surface area (Å²) < 4.78 is 0. The van der Waals surface area contributed by atoms with Crippen LogP contribution in [0.4, 0.5) is 0 Å². The molecule has 0 radical (unpaired) electrons. The van der Waals surface area contributed by atoms with E-state index in [2.05, 4.69) is 15.1 Å². The summed E-state index contributed by atoms with van der Waals surface area (Å²) in [6.45, 7) is 5.33. The van der Waals surface area contributed by atoms with Crippen LogP contribution in [0.2, 0.25) is 0 Å². The van der Waals surface area contributed by atoms with Crippen molar-refractivity contribution in [2.75, 3.05) is 26.2 Å². The molecule has 0 bridgehead atoms. The summed E-state index contributed by atoms with van der Waals surface area (Å²) in [6, 6.07) is 3.49. The van der Waals surface area contributed by atoms with Crippen molar-refractivity contribution in [2.24, 2.45) is 0 Å². The Morgan fingerprint density at radius 1 is 0.900 bits per heavy atom. The molecule has 0 amide bonds. The van der Waals surface area contributed by atoms with E-state index < -0.39 is 0 Å². The molecule has 4 aliphatic rings. The van der Waals surface area contributed by atoms with Gasteiger partial charge in [-0.2, -0.15) is 0 Å². The van der Waals surface area contributed by atoms with Gasteiger partial charge in [-0.15, -0.1) is 0 Å². The Balaban J connectivity index is 1.42. The monoisotopic (exact) mass is 277 g/mol. The number of fused-ring (bicyclic) bond motifs is 1. The molecule has 3 aliphatic heterocycles. The Bertz CT molecular complexity index is 322. The third-order valence-corrected chi connectivity index (χ3v) is 6.11. The van der Waals surface area contributed by atoms with Crippen LogP contribution in [0.25, 0.3) is 0 Å². The molecule has 3 saturated heterocycles. The van der Waals surface area contributed by atoms with Gasteiger partial charge in [-0.05, 0) is 58.0 Å². The molecule has 1 N–H and O–H groups in total.